The highest BCUT2D eigenvalue weighted by atomic mass is 32.2. The van der Waals surface area contributed by atoms with Crippen LogP contribution in [0.3, 0.4) is 0 Å². The third kappa shape index (κ3) is 4.75. The number of nitrogens with zero attached hydrogens (tertiary/aromatic N) is 2. The number of benzene rings is 2. The van der Waals surface area contributed by atoms with Gasteiger partial charge in [0.25, 0.3) is 0 Å². The van der Waals surface area contributed by atoms with E-state index in [4.69, 9.17) is 0 Å². The summed E-state index contributed by atoms with van der Waals surface area (Å²) in [6.07, 6.45) is -7.90. The molecule has 0 N–H and O–H groups in total. The van der Waals surface area contributed by atoms with Crippen LogP contribution in [0.15, 0.2) is 59.6 Å². The van der Waals surface area contributed by atoms with E-state index in [1.807, 2.05) is 0 Å². The van der Waals surface area contributed by atoms with E-state index in [0.717, 1.165) is 48.9 Å². The predicted octanol–water partition coefficient (Wildman–Crippen LogP) is 4.86. The van der Waals surface area contributed by atoms with E-state index in [2.05, 4.69) is 9.84 Å². The van der Waals surface area contributed by atoms with Crippen molar-refractivity contribution in [1.82, 2.24) is 9.78 Å². The fourth-order valence-corrected chi connectivity index (χ4v) is 3.33. The molecule has 0 saturated heterocycles. The molecule has 0 saturated carbocycles. The number of hydrogen-bond donors (Lipinski definition) is 0. The normalized spacial score (nSPS) is 12.8. The summed E-state index contributed by atoms with van der Waals surface area (Å²) >= 11 is 0. The van der Waals surface area contributed by atoms with Gasteiger partial charge in [0.2, 0.25) is 0 Å². The second-order valence-electron chi connectivity index (χ2n) is 6.15. The van der Waals surface area contributed by atoms with E-state index in [9.17, 15) is 34.8 Å². The van der Waals surface area contributed by atoms with Gasteiger partial charge in [0.05, 0.1) is 16.8 Å². The van der Waals surface area contributed by atoms with Crippen molar-refractivity contribution in [2.75, 3.05) is 6.26 Å². The number of alkyl halides is 6. The van der Waals surface area contributed by atoms with Gasteiger partial charge in [-0.2, -0.15) is 18.3 Å². The van der Waals surface area contributed by atoms with Crippen molar-refractivity contribution in [2.45, 2.75) is 17.4 Å². The minimum absolute atomic E-state index is 0.0316. The zero-order valence-electron chi connectivity index (χ0n) is 15.0. The molecule has 0 amide bonds. The Morgan fingerprint density at radius 1 is 0.900 bits per heavy atom. The number of sulfone groups is 1. The highest BCUT2D eigenvalue weighted by Gasteiger charge is 2.39. The van der Waals surface area contributed by atoms with Crippen LogP contribution in [0.4, 0.5) is 26.3 Å². The molecular formula is C18H12F6N2O3S. The summed E-state index contributed by atoms with van der Waals surface area (Å²) in [6.45, 7) is 0. The number of ether oxygens (including phenoxy) is 1. The lowest BCUT2D eigenvalue weighted by Gasteiger charge is -2.14. The summed E-state index contributed by atoms with van der Waals surface area (Å²) in [5.74, 6) is -0.580. The molecule has 0 fully saturated rings. The molecule has 3 aromatic rings. The van der Waals surface area contributed by atoms with Gasteiger partial charge in [0.15, 0.2) is 15.5 Å². The van der Waals surface area contributed by atoms with Crippen molar-refractivity contribution in [3.8, 4) is 22.6 Å². The number of rotatable bonds is 4. The maximum atomic E-state index is 13.8. The van der Waals surface area contributed by atoms with Crippen molar-refractivity contribution in [3.63, 3.8) is 0 Å². The molecule has 30 heavy (non-hydrogen) atoms. The molecule has 0 radical (unpaired) electrons. The van der Waals surface area contributed by atoms with E-state index in [1.165, 1.54) is 12.1 Å². The summed E-state index contributed by atoms with van der Waals surface area (Å²) in [7, 11) is -3.54. The van der Waals surface area contributed by atoms with E-state index >= 15 is 0 Å². The lowest BCUT2D eigenvalue weighted by molar-refractivity contribution is -0.274. The first-order valence-corrected chi connectivity index (χ1v) is 9.97. The van der Waals surface area contributed by atoms with Crippen LogP contribution in [0.2, 0.25) is 0 Å². The van der Waals surface area contributed by atoms with Gasteiger partial charge in [0, 0.05) is 11.8 Å². The Morgan fingerprint density at radius 3 is 1.93 bits per heavy atom. The molecule has 5 nitrogen and oxygen atoms in total. The molecular weight excluding hydrogens is 438 g/mol. The minimum Gasteiger partial charge on any atom is -0.406 e. The fourth-order valence-electron chi connectivity index (χ4n) is 2.70. The number of aromatic nitrogens is 2. The highest BCUT2D eigenvalue weighted by Crippen LogP contribution is 2.39. The van der Waals surface area contributed by atoms with Crippen LogP contribution < -0.4 is 4.74 Å². The monoisotopic (exact) mass is 450 g/mol. The second kappa shape index (κ2) is 7.35. The molecule has 0 bridgehead atoms. The molecule has 1 heterocycles. The highest BCUT2D eigenvalue weighted by molar-refractivity contribution is 7.90. The summed E-state index contributed by atoms with van der Waals surface area (Å²) in [5.41, 5.74) is -1.61. The second-order valence-corrected chi connectivity index (χ2v) is 8.17. The molecule has 0 atom stereocenters. The first kappa shape index (κ1) is 21.7. The summed E-state index contributed by atoms with van der Waals surface area (Å²) in [5, 5.41) is 3.74. The summed E-state index contributed by atoms with van der Waals surface area (Å²) < 4.78 is 105. The Morgan fingerprint density at radius 2 is 1.47 bits per heavy atom. The molecule has 0 spiro atoms. The van der Waals surface area contributed by atoms with Crippen LogP contribution in [0, 0.1) is 0 Å². The van der Waals surface area contributed by atoms with Gasteiger partial charge in [-0.15, -0.1) is 13.2 Å². The van der Waals surface area contributed by atoms with Crippen LogP contribution in [-0.2, 0) is 16.0 Å². The lowest BCUT2D eigenvalue weighted by atomic mass is 10.1. The largest absolute Gasteiger partial charge is 0.573 e. The standard InChI is InChI=1S/C18H12F6N2O3S/c1-30(27,28)14-8-4-12(5-9-14)26-16(17(19,20)21)15(10-25-26)11-2-6-13(7-3-11)29-18(22,23)24/h2-10H,1H3. The predicted molar refractivity (Wildman–Crippen MR) is 93.8 cm³/mol. The molecule has 3 rings (SSSR count). The average molecular weight is 450 g/mol. The molecule has 1 aromatic heterocycles. The molecule has 12 heteroatoms. The first-order valence-electron chi connectivity index (χ1n) is 8.07. The van der Waals surface area contributed by atoms with E-state index < -0.39 is 33.8 Å². The molecule has 160 valence electrons. The Labute approximate surface area is 166 Å². The maximum absolute atomic E-state index is 13.8. The fraction of sp³-hybridized carbons (Fsp3) is 0.167. The number of hydrogen-bond acceptors (Lipinski definition) is 4. The number of halogens is 6. The van der Waals surface area contributed by atoms with E-state index in [1.54, 1.807) is 0 Å². The first-order chi connectivity index (χ1) is 13.8. The Balaban J connectivity index is 2.05. The third-order valence-corrected chi connectivity index (χ3v) is 5.07. The van der Waals surface area contributed by atoms with Crippen molar-refractivity contribution in [3.05, 3.63) is 60.4 Å². The minimum atomic E-state index is -4.93. The molecule has 2 aromatic carbocycles. The van der Waals surface area contributed by atoms with Crippen LogP contribution in [0.5, 0.6) is 5.75 Å². The quantitative estimate of drug-likeness (QED) is 0.533. The summed E-state index contributed by atoms with van der Waals surface area (Å²) in [6, 6.07) is 8.51. The van der Waals surface area contributed by atoms with Crippen molar-refractivity contribution in [2.24, 2.45) is 0 Å². The van der Waals surface area contributed by atoms with Crippen LogP contribution in [-0.4, -0.2) is 30.8 Å². The summed E-state index contributed by atoms with van der Waals surface area (Å²) in [4.78, 5) is -0.0764. The third-order valence-electron chi connectivity index (χ3n) is 3.95. The topological polar surface area (TPSA) is 61.2 Å². The Hall–Kier alpha value is -3.02. The van der Waals surface area contributed by atoms with Gasteiger partial charge in [0.1, 0.15) is 5.75 Å². The SMILES string of the molecule is CS(=O)(=O)c1ccc(-n2ncc(-c3ccc(OC(F)(F)F)cc3)c2C(F)(F)F)cc1. The van der Waals surface area contributed by atoms with Gasteiger partial charge in [-0.05, 0) is 42.0 Å². The smallest absolute Gasteiger partial charge is 0.406 e. The van der Waals surface area contributed by atoms with Crippen LogP contribution >= 0.6 is 0 Å². The lowest BCUT2D eigenvalue weighted by Crippen LogP contribution is -2.17. The Bertz CT molecular complexity index is 1150. The molecule has 0 unspecified atom stereocenters. The van der Waals surface area contributed by atoms with Crippen molar-refractivity contribution < 1.29 is 39.5 Å². The van der Waals surface area contributed by atoms with Crippen LogP contribution in [0.25, 0.3) is 16.8 Å². The van der Waals surface area contributed by atoms with Crippen LogP contribution in [0.1, 0.15) is 5.69 Å². The molecule has 0 aliphatic carbocycles. The van der Waals surface area contributed by atoms with Gasteiger partial charge in [-0.25, -0.2) is 13.1 Å². The zero-order chi connectivity index (χ0) is 22.3. The van der Waals surface area contributed by atoms with E-state index in [0.29, 0.717) is 4.68 Å². The maximum Gasteiger partial charge on any atom is 0.573 e. The molecule has 0 aliphatic rings. The van der Waals surface area contributed by atoms with Gasteiger partial charge < -0.3 is 4.74 Å². The van der Waals surface area contributed by atoms with Gasteiger partial charge >= 0.3 is 12.5 Å². The zero-order valence-corrected chi connectivity index (χ0v) is 15.8. The molecule has 0 aliphatic heterocycles. The average Bonchev–Trinajstić information content (AvgIpc) is 3.06. The van der Waals surface area contributed by atoms with Crippen molar-refractivity contribution >= 4 is 9.84 Å². The van der Waals surface area contributed by atoms with Crippen molar-refractivity contribution in [1.29, 1.82) is 0 Å². The van der Waals surface area contributed by atoms with Gasteiger partial charge in [-0.3, -0.25) is 0 Å². The Kier molecular flexibility index (Phi) is 5.31. The van der Waals surface area contributed by atoms with Gasteiger partial charge in [-0.1, -0.05) is 12.1 Å². The van der Waals surface area contributed by atoms with E-state index in [-0.39, 0.29) is 21.7 Å².